The number of thiophene rings is 1. The van der Waals surface area contributed by atoms with Crippen molar-refractivity contribution in [2.24, 2.45) is 0 Å². The molecule has 3 rings (SSSR count). The number of hydrogen-bond donors (Lipinski definition) is 1. The predicted octanol–water partition coefficient (Wildman–Crippen LogP) is 3.25. The SMILES string of the molecule is CCc1ccc(S(=O)(=O)NCc2cccnc2-c2cccnc2)s1. The zero-order valence-corrected chi connectivity index (χ0v) is 14.8. The van der Waals surface area contributed by atoms with Gasteiger partial charge in [0.05, 0.1) is 5.69 Å². The molecule has 1 N–H and O–H groups in total. The Balaban J connectivity index is 1.82. The Hall–Kier alpha value is -2.09. The Labute approximate surface area is 145 Å². The highest BCUT2D eigenvalue weighted by atomic mass is 32.2. The van der Waals surface area contributed by atoms with E-state index in [-0.39, 0.29) is 6.54 Å². The number of nitrogens with zero attached hydrogens (tertiary/aromatic N) is 2. The third-order valence-electron chi connectivity index (χ3n) is 3.53. The van der Waals surface area contributed by atoms with Gasteiger partial charge in [-0.15, -0.1) is 11.3 Å². The Kier molecular flexibility index (Phi) is 5.03. The van der Waals surface area contributed by atoms with Crippen LogP contribution in [0.4, 0.5) is 0 Å². The van der Waals surface area contributed by atoms with Gasteiger partial charge in [-0.1, -0.05) is 13.0 Å². The lowest BCUT2D eigenvalue weighted by molar-refractivity contribution is 0.583. The average Bonchev–Trinajstić information content (AvgIpc) is 3.11. The van der Waals surface area contributed by atoms with Gasteiger partial charge < -0.3 is 0 Å². The molecule has 0 aromatic carbocycles. The number of aromatic nitrogens is 2. The monoisotopic (exact) mass is 359 g/mol. The first-order chi connectivity index (χ1) is 11.6. The molecule has 0 aliphatic heterocycles. The molecule has 0 aliphatic rings. The topological polar surface area (TPSA) is 72.0 Å². The van der Waals surface area contributed by atoms with Crippen molar-refractivity contribution in [2.75, 3.05) is 0 Å². The van der Waals surface area contributed by atoms with Crippen LogP contribution in [0.15, 0.2) is 59.2 Å². The number of sulfonamides is 1. The quantitative estimate of drug-likeness (QED) is 0.733. The number of aryl methyl sites for hydroxylation is 1. The summed E-state index contributed by atoms with van der Waals surface area (Å²) in [6, 6.07) is 10.9. The van der Waals surface area contributed by atoms with Crippen molar-refractivity contribution in [2.45, 2.75) is 24.1 Å². The molecule has 3 aromatic rings. The van der Waals surface area contributed by atoms with Gasteiger partial charge in [-0.25, -0.2) is 13.1 Å². The van der Waals surface area contributed by atoms with Gasteiger partial charge in [-0.05, 0) is 42.3 Å². The Morgan fingerprint density at radius 3 is 2.67 bits per heavy atom. The molecule has 0 atom stereocenters. The maximum absolute atomic E-state index is 12.4. The lowest BCUT2D eigenvalue weighted by Crippen LogP contribution is -2.22. The molecule has 7 heteroatoms. The lowest BCUT2D eigenvalue weighted by Gasteiger charge is -2.09. The highest BCUT2D eigenvalue weighted by Crippen LogP contribution is 2.23. The Bertz CT molecular complexity index is 922. The van der Waals surface area contributed by atoms with Crippen LogP contribution in [0.5, 0.6) is 0 Å². The van der Waals surface area contributed by atoms with Gasteiger partial charge in [0.2, 0.25) is 10.0 Å². The molecule has 0 saturated carbocycles. The van der Waals surface area contributed by atoms with E-state index in [0.717, 1.165) is 28.1 Å². The van der Waals surface area contributed by atoms with Crippen molar-refractivity contribution < 1.29 is 8.42 Å². The molecule has 3 aromatic heterocycles. The van der Waals surface area contributed by atoms with Gasteiger partial charge in [0.1, 0.15) is 4.21 Å². The molecule has 0 fully saturated rings. The first-order valence-corrected chi connectivity index (χ1v) is 9.83. The summed E-state index contributed by atoms with van der Waals surface area (Å²) in [7, 11) is -3.52. The smallest absolute Gasteiger partial charge is 0.250 e. The van der Waals surface area contributed by atoms with Gasteiger partial charge in [-0.3, -0.25) is 9.97 Å². The second kappa shape index (κ2) is 7.21. The summed E-state index contributed by atoms with van der Waals surface area (Å²) in [6.07, 6.45) is 5.92. The largest absolute Gasteiger partial charge is 0.264 e. The Morgan fingerprint density at radius 2 is 1.96 bits per heavy atom. The third-order valence-corrected chi connectivity index (χ3v) is 6.65. The fourth-order valence-corrected chi connectivity index (χ4v) is 4.63. The van der Waals surface area contributed by atoms with E-state index in [4.69, 9.17) is 0 Å². The molecular weight excluding hydrogens is 342 g/mol. The summed E-state index contributed by atoms with van der Waals surface area (Å²) >= 11 is 1.30. The van der Waals surface area contributed by atoms with Gasteiger partial charge in [0.25, 0.3) is 0 Å². The molecule has 5 nitrogen and oxygen atoms in total. The minimum absolute atomic E-state index is 0.180. The molecule has 24 heavy (non-hydrogen) atoms. The summed E-state index contributed by atoms with van der Waals surface area (Å²) < 4.78 is 27.9. The molecule has 0 bridgehead atoms. The molecule has 0 aliphatic carbocycles. The van der Waals surface area contributed by atoms with Crippen LogP contribution in [-0.4, -0.2) is 18.4 Å². The predicted molar refractivity (Wildman–Crippen MR) is 95.2 cm³/mol. The molecule has 124 valence electrons. The fraction of sp³-hybridized carbons (Fsp3) is 0.176. The van der Waals surface area contributed by atoms with Crippen LogP contribution in [-0.2, 0) is 23.0 Å². The van der Waals surface area contributed by atoms with E-state index in [2.05, 4.69) is 14.7 Å². The van der Waals surface area contributed by atoms with Crippen molar-refractivity contribution >= 4 is 21.4 Å². The lowest BCUT2D eigenvalue weighted by atomic mass is 10.1. The highest BCUT2D eigenvalue weighted by Gasteiger charge is 2.17. The van der Waals surface area contributed by atoms with Crippen molar-refractivity contribution in [3.63, 3.8) is 0 Å². The van der Waals surface area contributed by atoms with Crippen LogP contribution in [0.2, 0.25) is 0 Å². The maximum atomic E-state index is 12.4. The zero-order valence-electron chi connectivity index (χ0n) is 13.1. The maximum Gasteiger partial charge on any atom is 0.250 e. The second-order valence-corrected chi connectivity index (χ2v) is 8.31. The molecular formula is C17H17N3O2S2. The van der Waals surface area contributed by atoms with E-state index >= 15 is 0 Å². The summed E-state index contributed by atoms with van der Waals surface area (Å²) in [5.74, 6) is 0. The number of pyridine rings is 2. The van der Waals surface area contributed by atoms with E-state index in [1.807, 2.05) is 31.2 Å². The summed E-state index contributed by atoms with van der Waals surface area (Å²) in [5.41, 5.74) is 2.40. The van der Waals surface area contributed by atoms with Gasteiger partial charge in [0, 0.05) is 35.6 Å². The van der Waals surface area contributed by atoms with E-state index in [9.17, 15) is 8.42 Å². The molecule has 3 heterocycles. The summed E-state index contributed by atoms with van der Waals surface area (Å²) in [4.78, 5) is 9.51. The average molecular weight is 359 g/mol. The van der Waals surface area contributed by atoms with Gasteiger partial charge in [-0.2, -0.15) is 0 Å². The Morgan fingerprint density at radius 1 is 1.12 bits per heavy atom. The summed E-state index contributed by atoms with van der Waals surface area (Å²) in [5, 5.41) is 0. The normalized spacial score (nSPS) is 11.5. The molecule has 0 amide bonds. The van der Waals surface area contributed by atoms with Crippen LogP contribution in [0, 0.1) is 0 Å². The summed E-state index contributed by atoms with van der Waals surface area (Å²) in [6.45, 7) is 2.19. The first-order valence-electron chi connectivity index (χ1n) is 7.53. The van der Waals surface area contributed by atoms with Crippen LogP contribution < -0.4 is 4.72 Å². The standard InChI is InChI=1S/C17H17N3O2S2/c1-2-15-7-8-16(23-15)24(21,22)20-12-14-6-4-10-19-17(14)13-5-3-9-18-11-13/h3-11,20H,2,12H2,1H3. The van der Waals surface area contributed by atoms with Gasteiger partial charge >= 0.3 is 0 Å². The molecule has 0 saturated heterocycles. The van der Waals surface area contributed by atoms with E-state index < -0.39 is 10.0 Å². The van der Waals surface area contributed by atoms with Crippen LogP contribution >= 0.6 is 11.3 Å². The van der Waals surface area contributed by atoms with Crippen LogP contribution in [0.3, 0.4) is 0 Å². The minimum atomic E-state index is -3.52. The van der Waals surface area contributed by atoms with E-state index in [0.29, 0.717) is 4.21 Å². The molecule has 0 spiro atoms. The number of hydrogen-bond acceptors (Lipinski definition) is 5. The fourth-order valence-electron chi connectivity index (χ4n) is 2.28. The van der Waals surface area contributed by atoms with Crippen molar-refractivity contribution in [3.8, 4) is 11.3 Å². The minimum Gasteiger partial charge on any atom is -0.264 e. The molecule has 0 unspecified atom stereocenters. The van der Waals surface area contributed by atoms with Crippen molar-refractivity contribution in [3.05, 3.63) is 65.4 Å². The van der Waals surface area contributed by atoms with Crippen LogP contribution in [0.25, 0.3) is 11.3 Å². The molecule has 0 radical (unpaired) electrons. The zero-order chi connectivity index (χ0) is 17.0. The third kappa shape index (κ3) is 3.69. The first kappa shape index (κ1) is 16.8. The number of rotatable bonds is 6. The number of nitrogens with one attached hydrogen (secondary N) is 1. The van der Waals surface area contributed by atoms with Gasteiger partial charge in [0.15, 0.2) is 0 Å². The van der Waals surface area contributed by atoms with E-state index in [1.165, 1.54) is 11.3 Å². The van der Waals surface area contributed by atoms with Crippen LogP contribution in [0.1, 0.15) is 17.4 Å². The van der Waals surface area contributed by atoms with Crippen molar-refractivity contribution in [1.29, 1.82) is 0 Å². The second-order valence-electron chi connectivity index (χ2n) is 5.15. The van der Waals surface area contributed by atoms with Crippen molar-refractivity contribution in [1.82, 2.24) is 14.7 Å². The highest BCUT2D eigenvalue weighted by molar-refractivity contribution is 7.91. The van der Waals surface area contributed by atoms with E-state index in [1.54, 1.807) is 30.7 Å².